The number of carbonyl (C=O) groups is 1. The van der Waals surface area contributed by atoms with Crippen molar-refractivity contribution < 1.29 is 19.7 Å². The van der Waals surface area contributed by atoms with Crippen LogP contribution in [0.15, 0.2) is 72.8 Å². The topological polar surface area (TPSA) is 70.0 Å². The first kappa shape index (κ1) is 25.5. The Morgan fingerprint density at radius 2 is 1.41 bits per heavy atom. The molecule has 0 aliphatic carbocycles. The van der Waals surface area contributed by atoms with Crippen LogP contribution >= 0.6 is 23.2 Å². The predicted octanol–water partition coefficient (Wildman–Crippen LogP) is 6.75. The molecule has 7 heteroatoms. The number of alkyl halides is 2. The summed E-state index contributed by atoms with van der Waals surface area (Å²) in [6.07, 6.45) is 0.208. The van der Waals surface area contributed by atoms with E-state index in [0.29, 0.717) is 37.0 Å². The third-order valence-corrected chi connectivity index (χ3v) is 5.66. The Labute approximate surface area is 209 Å². The van der Waals surface area contributed by atoms with Gasteiger partial charge in [0.15, 0.2) is 0 Å². The van der Waals surface area contributed by atoms with E-state index in [2.05, 4.69) is 6.92 Å². The van der Waals surface area contributed by atoms with Crippen LogP contribution in [0.3, 0.4) is 0 Å². The predicted molar refractivity (Wildman–Crippen MR) is 138 cm³/mol. The summed E-state index contributed by atoms with van der Waals surface area (Å²) in [5.41, 5.74) is 4.71. The second-order valence-electron chi connectivity index (χ2n) is 7.56. The van der Waals surface area contributed by atoms with Gasteiger partial charge in [-0.15, -0.1) is 23.2 Å². The molecular weight excluding hydrogens is 473 g/mol. The zero-order chi connectivity index (χ0) is 24.5. The molecule has 1 amide bonds. The highest BCUT2D eigenvalue weighted by molar-refractivity contribution is 6.18. The first-order valence-corrected chi connectivity index (χ1v) is 12.0. The lowest BCUT2D eigenvalue weighted by Gasteiger charge is -2.20. The van der Waals surface area contributed by atoms with Gasteiger partial charge in [0.2, 0.25) is 0 Å². The van der Waals surface area contributed by atoms with Gasteiger partial charge in [-0.25, -0.2) is 4.79 Å². The number of allylic oxidation sites excluding steroid dienone is 1. The number of carbonyl (C=O) groups excluding carboxylic acids is 1. The number of benzene rings is 3. The molecule has 0 saturated carbocycles. The van der Waals surface area contributed by atoms with Crippen LogP contribution in [0.25, 0.3) is 11.1 Å². The zero-order valence-corrected chi connectivity index (χ0v) is 20.4. The van der Waals surface area contributed by atoms with Crippen molar-refractivity contribution in [2.75, 3.05) is 24.8 Å². The molecule has 34 heavy (non-hydrogen) atoms. The molecule has 2 N–H and O–H groups in total. The Kier molecular flexibility index (Phi) is 9.25. The fourth-order valence-electron chi connectivity index (χ4n) is 3.72. The summed E-state index contributed by atoms with van der Waals surface area (Å²) < 4.78 is 5.51. The molecular formula is C27H27Cl2NO4. The van der Waals surface area contributed by atoms with Crippen molar-refractivity contribution in [3.05, 3.63) is 89.5 Å². The lowest BCUT2D eigenvalue weighted by atomic mass is 9.88. The third kappa shape index (κ3) is 6.46. The van der Waals surface area contributed by atoms with Gasteiger partial charge in [-0.05, 0) is 70.7 Å². The van der Waals surface area contributed by atoms with E-state index in [1.807, 2.05) is 36.4 Å². The molecule has 0 heterocycles. The molecule has 0 aliphatic rings. The van der Waals surface area contributed by atoms with Gasteiger partial charge in [0, 0.05) is 24.8 Å². The van der Waals surface area contributed by atoms with E-state index in [0.717, 1.165) is 27.8 Å². The van der Waals surface area contributed by atoms with E-state index in [1.165, 1.54) is 4.90 Å². The quantitative estimate of drug-likeness (QED) is 0.252. The molecule has 3 aromatic carbocycles. The summed E-state index contributed by atoms with van der Waals surface area (Å²) in [5.74, 6) is 1.36. The van der Waals surface area contributed by atoms with Gasteiger partial charge in [-0.3, -0.25) is 0 Å². The van der Waals surface area contributed by atoms with Crippen molar-refractivity contribution in [2.45, 2.75) is 13.3 Å². The molecule has 0 atom stereocenters. The normalized spacial score (nSPS) is 11.6. The van der Waals surface area contributed by atoms with Gasteiger partial charge >= 0.3 is 6.09 Å². The van der Waals surface area contributed by atoms with Gasteiger partial charge in [-0.2, -0.15) is 0 Å². The Morgan fingerprint density at radius 3 is 1.94 bits per heavy atom. The van der Waals surface area contributed by atoms with Crippen LogP contribution in [0.5, 0.6) is 17.2 Å². The number of rotatable bonds is 9. The molecule has 0 spiro atoms. The molecule has 0 aliphatic heterocycles. The SMILES string of the molecule is CC/C(=C(\c1ccc(O)cc1)c1ccc(OC(=O)N(CCCl)CCCl)cc1)c1cccc(O)c1. The van der Waals surface area contributed by atoms with E-state index < -0.39 is 6.09 Å². The molecule has 3 aromatic rings. The largest absolute Gasteiger partial charge is 0.508 e. The summed E-state index contributed by atoms with van der Waals surface area (Å²) in [4.78, 5) is 13.9. The lowest BCUT2D eigenvalue weighted by molar-refractivity contribution is 0.158. The summed E-state index contributed by atoms with van der Waals surface area (Å²) in [6, 6.07) is 21.4. The highest BCUT2D eigenvalue weighted by Crippen LogP contribution is 2.36. The minimum Gasteiger partial charge on any atom is -0.508 e. The number of phenols is 2. The van der Waals surface area contributed by atoms with Crippen LogP contribution in [-0.4, -0.2) is 46.1 Å². The number of nitrogens with zero attached hydrogens (tertiary/aromatic N) is 1. The average Bonchev–Trinajstić information content (AvgIpc) is 2.84. The Hall–Kier alpha value is -3.15. The van der Waals surface area contributed by atoms with Gasteiger partial charge in [0.05, 0.1) is 0 Å². The van der Waals surface area contributed by atoms with Gasteiger partial charge < -0.3 is 19.8 Å². The van der Waals surface area contributed by atoms with Gasteiger partial charge in [-0.1, -0.05) is 43.3 Å². The van der Waals surface area contributed by atoms with Crippen molar-refractivity contribution in [1.82, 2.24) is 4.90 Å². The van der Waals surface area contributed by atoms with Crippen molar-refractivity contribution >= 4 is 40.4 Å². The highest BCUT2D eigenvalue weighted by atomic mass is 35.5. The van der Waals surface area contributed by atoms with Crippen molar-refractivity contribution in [3.8, 4) is 17.2 Å². The van der Waals surface area contributed by atoms with Crippen molar-refractivity contribution in [2.24, 2.45) is 0 Å². The van der Waals surface area contributed by atoms with Crippen LogP contribution < -0.4 is 4.74 Å². The summed E-state index contributed by atoms with van der Waals surface area (Å²) in [6.45, 7) is 2.75. The Balaban J connectivity index is 2.00. The minimum absolute atomic E-state index is 0.180. The number of hydrogen-bond donors (Lipinski definition) is 2. The first-order chi connectivity index (χ1) is 16.5. The zero-order valence-electron chi connectivity index (χ0n) is 18.9. The fourth-order valence-corrected chi connectivity index (χ4v) is 4.12. The summed E-state index contributed by atoms with van der Waals surface area (Å²) in [5, 5.41) is 19.8. The molecule has 0 unspecified atom stereocenters. The van der Waals surface area contributed by atoms with Crippen molar-refractivity contribution in [3.63, 3.8) is 0 Å². The van der Waals surface area contributed by atoms with Crippen LogP contribution in [0.2, 0.25) is 0 Å². The molecule has 5 nitrogen and oxygen atoms in total. The van der Waals surface area contributed by atoms with Crippen LogP contribution in [0.4, 0.5) is 4.79 Å². The highest BCUT2D eigenvalue weighted by Gasteiger charge is 2.17. The third-order valence-electron chi connectivity index (χ3n) is 5.32. The van der Waals surface area contributed by atoms with E-state index in [1.54, 1.807) is 36.4 Å². The fraction of sp³-hybridized carbons (Fsp3) is 0.222. The average molecular weight is 500 g/mol. The monoisotopic (exact) mass is 499 g/mol. The molecule has 0 radical (unpaired) electrons. The molecule has 0 bridgehead atoms. The lowest BCUT2D eigenvalue weighted by Crippen LogP contribution is -2.36. The maximum absolute atomic E-state index is 12.5. The molecule has 0 saturated heterocycles. The van der Waals surface area contributed by atoms with E-state index in [-0.39, 0.29) is 11.5 Å². The standard InChI is InChI=1S/C27H27Cl2NO4/c1-2-25(21-4-3-5-23(32)18-21)26(19-6-10-22(31)11-7-19)20-8-12-24(13-9-20)34-27(33)30(16-14-28)17-15-29/h3-13,18,31-32H,2,14-17H2,1H3/b26-25-. The van der Waals surface area contributed by atoms with E-state index in [9.17, 15) is 15.0 Å². The van der Waals surface area contributed by atoms with Crippen LogP contribution in [0.1, 0.15) is 30.0 Å². The van der Waals surface area contributed by atoms with Crippen LogP contribution in [0, 0.1) is 0 Å². The minimum atomic E-state index is -0.502. The van der Waals surface area contributed by atoms with Crippen molar-refractivity contribution in [1.29, 1.82) is 0 Å². The number of phenolic OH excluding ortho intramolecular Hbond substituents is 2. The molecule has 0 aromatic heterocycles. The second kappa shape index (κ2) is 12.4. The maximum Gasteiger partial charge on any atom is 0.415 e. The number of amides is 1. The summed E-state index contributed by atoms with van der Waals surface area (Å²) >= 11 is 11.6. The van der Waals surface area contributed by atoms with Gasteiger partial charge in [0.25, 0.3) is 0 Å². The molecule has 3 rings (SSSR count). The van der Waals surface area contributed by atoms with E-state index >= 15 is 0 Å². The Morgan fingerprint density at radius 1 is 0.824 bits per heavy atom. The maximum atomic E-state index is 12.5. The Bertz CT molecular complexity index is 1120. The summed E-state index contributed by atoms with van der Waals surface area (Å²) in [7, 11) is 0. The van der Waals surface area contributed by atoms with E-state index in [4.69, 9.17) is 27.9 Å². The first-order valence-electron chi connectivity index (χ1n) is 11.0. The molecule has 0 fully saturated rings. The number of hydrogen-bond acceptors (Lipinski definition) is 4. The number of aromatic hydroxyl groups is 2. The number of ether oxygens (including phenoxy) is 1. The van der Waals surface area contributed by atoms with Gasteiger partial charge in [0.1, 0.15) is 17.2 Å². The van der Waals surface area contributed by atoms with Crippen LogP contribution in [-0.2, 0) is 0 Å². The molecule has 178 valence electrons. The smallest absolute Gasteiger partial charge is 0.415 e. The second-order valence-corrected chi connectivity index (χ2v) is 8.32. The number of halogens is 2.